The molecule has 1 aromatic heterocycles. The third kappa shape index (κ3) is 2.70. The van der Waals surface area contributed by atoms with Gasteiger partial charge in [-0.2, -0.15) is 0 Å². The smallest absolute Gasteiger partial charge is 0.320 e. The summed E-state index contributed by atoms with van der Waals surface area (Å²) in [5.41, 5.74) is 6.26. The molecule has 0 aliphatic carbocycles. The van der Waals surface area contributed by atoms with Crippen molar-refractivity contribution in [2.75, 3.05) is 12.4 Å². The van der Waals surface area contributed by atoms with E-state index in [-0.39, 0.29) is 0 Å². The molecule has 76 valence electrons. The maximum absolute atomic E-state index is 10.5. The average Bonchev–Trinajstić information content (AvgIpc) is 2.18. The summed E-state index contributed by atoms with van der Waals surface area (Å²) < 4.78 is 0. The highest BCUT2D eigenvalue weighted by atomic mass is 16.4. The summed E-state index contributed by atoms with van der Waals surface area (Å²) in [5, 5.41) is 11.5. The normalized spacial score (nSPS) is 12.1. The number of rotatable bonds is 4. The molecule has 1 rings (SSSR count). The van der Waals surface area contributed by atoms with Crippen LogP contribution in [0.1, 0.15) is 5.56 Å². The Balaban J connectivity index is 2.71. The number of aliphatic carboxylic acids is 1. The third-order valence-corrected chi connectivity index (χ3v) is 1.85. The molecule has 4 N–H and O–H groups in total. The Morgan fingerprint density at radius 2 is 2.50 bits per heavy atom. The van der Waals surface area contributed by atoms with Crippen molar-refractivity contribution in [2.24, 2.45) is 5.73 Å². The van der Waals surface area contributed by atoms with Gasteiger partial charge in [-0.05, 0) is 24.1 Å². The molecule has 0 amide bonds. The van der Waals surface area contributed by atoms with Crippen LogP contribution in [-0.2, 0) is 11.2 Å². The van der Waals surface area contributed by atoms with Crippen molar-refractivity contribution >= 4 is 11.8 Å². The Kier molecular flexibility index (Phi) is 3.41. The number of nitrogens with one attached hydrogen (secondary N) is 1. The first-order valence-electron chi connectivity index (χ1n) is 4.24. The summed E-state index contributed by atoms with van der Waals surface area (Å²) in [4.78, 5) is 14.5. The molecule has 0 spiro atoms. The molecule has 5 heteroatoms. The molecule has 0 saturated heterocycles. The number of nitrogens with zero attached hydrogens (tertiary/aromatic N) is 1. The number of carboxylic acid groups (broad SMARTS) is 1. The van der Waals surface area contributed by atoms with Gasteiger partial charge in [-0.15, -0.1) is 0 Å². The number of anilines is 1. The zero-order chi connectivity index (χ0) is 10.6. The highest BCUT2D eigenvalue weighted by Crippen LogP contribution is 2.07. The summed E-state index contributed by atoms with van der Waals surface area (Å²) in [5.74, 6) is -0.284. The van der Waals surface area contributed by atoms with E-state index in [0.29, 0.717) is 12.2 Å². The first-order valence-corrected chi connectivity index (χ1v) is 4.24. The van der Waals surface area contributed by atoms with Crippen molar-refractivity contribution in [1.29, 1.82) is 0 Å². The fourth-order valence-corrected chi connectivity index (χ4v) is 1.08. The van der Waals surface area contributed by atoms with Crippen LogP contribution in [0.4, 0.5) is 5.82 Å². The molecular formula is C9H13N3O2. The van der Waals surface area contributed by atoms with E-state index < -0.39 is 12.0 Å². The van der Waals surface area contributed by atoms with Crippen molar-refractivity contribution < 1.29 is 9.90 Å². The molecule has 0 bridgehead atoms. The molecule has 1 atom stereocenters. The summed E-state index contributed by atoms with van der Waals surface area (Å²) in [6.45, 7) is 0. The largest absolute Gasteiger partial charge is 0.480 e. The number of hydrogen-bond acceptors (Lipinski definition) is 4. The molecule has 0 aliphatic rings. The number of hydrogen-bond donors (Lipinski definition) is 3. The second kappa shape index (κ2) is 4.57. The molecule has 0 fully saturated rings. The van der Waals surface area contributed by atoms with Crippen LogP contribution in [0.5, 0.6) is 0 Å². The van der Waals surface area contributed by atoms with Crippen LogP contribution < -0.4 is 11.1 Å². The number of pyridine rings is 1. The van der Waals surface area contributed by atoms with E-state index >= 15 is 0 Å². The molecule has 14 heavy (non-hydrogen) atoms. The predicted octanol–water partition coefficient (Wildman–Crippen LogP) is 0.0777. The molecular weight excluding hydrogens is 182 g/mol. The van der Waals surface area contributed by atoms with Gasteiger partial charge >= 0.3 is 5.97 Å². The van der Waals surface area contributed by atoms with Crippen LogP contribution in [0.15, 0.2) is 18.3 Å². The Morgan fingerprint density at radius 1 is 1.79 bits per heavy atom. The Labute approximate surface area is 82.0 Å². The molecule has 0 aliphatic heterocycles. The van der Waals surface area contributed by atoms with Crippen LogP contribution in [-0.4, -0.2) is 29.1 Å². The van der Waals surface area contributed by atoms with E-state index in [1.807, 2.05) is 0 Å². The topological polar surface area (TPSA) is 88.2 Å². The summed E-state index contributed by atoms with van der Waals surface area (Å²) in [6, 6.07) is 2.68. The molecule has 5 nitrogen and oxygen atoms in total. The van der Waals surface area contributed by atoms with Crippen LogP contribution in [0, 0.1) is 0 Å². The lowest BCUT2D eigenvalue weighted by molar-refractivity contribution is -0.138. The average molecular weight is 195 g/mol. The fourth-order valence-electron chi connectivity index (χ4n) is 1.08. The van der Waals surface area contributed by atoms with E-state index in [2.05, 4.69) is 10.3 Å². The van der Waals surface area contributed by atoms with E-state index in [0.717, 1.165) is 5.56 Å². The molecule has 0 aromatic carbocycles. The van der Waals surface area contributed by atoms with Crippen LogP contribution in [0.3, 0.4) is 0 Å². The maximum Gasteiger partial charge on any atom is 0.320 e. The van der Waals surface area contributed by atoms with E-state index in [4.69, 9.17) is 10.8 Å². The van der Waals surface area contributed by atoms with Crippen molar-refractivity contribution in [2.45, 2.75) is 12.5 Å². The first kappa shape index (κ1) is 10.5. The second-order valence-corrected chi connectivity index (χ2v) is 2.95. The van der Waals surface area contributed by atoms with Crippen molar-refractivity contribution in [3.63, 3.8) is 0 Å². The van der Waals surface area contributed by atoms with Gasteiger partial charge in [0.2, 0.25) is 0 Å². The van der Waals surface area contributed by atoms with Gasteiger partial charge in [-0.25, -0.2) is 4.98 Å². The standard InChI is InChI=1S/C9H13N3O2/c1-11-8-5-6(2-3-12-8)4-7(10)9(13)14/h2-3,5,7H,4,10H2,1H3,(H,11,12)(H,13,14)/t7-/m1/s1. The zero-order valence-electron chi connectivity index (χ0n) is 7.90. The SMILES string of the molecule is CNc1cc(C[C@@H](N)C(=O)O)ccn1. The Morgan fingerprint density at radius 3 is 3.07 bits per heavy atom. The fraction of sp³-hybridized carbons (Fsp3) is 0.333. The zero-order valence-corrected chi connectivity index (χ0v) is 7.90. The van der Waals surface area contributed by atoms with Gasteiger partial charge in [0.05, 0.1) is 0 Å². The van der Waals surface area contributed by atoms with Gasteiger partial charge in [-0.1, -0.05) is 0 Å². The van der Waals surface area contributed by atoms with E-state index in [1.165, 1.54) is 0 Å². The quantitative estimate of drug-likeness (QED) is 0.633. The van der Waals surface area contributed by atoms with Gasteiger partial charge in [-0.3, -0.25) is 4.79 Å². The van der Waals surface area contributed by atoms with Gasteiger partial charge in [0.1, 0.15) is 11.9 Å². The van der Waals surface area contributed by atoms with Gasteiger partial charge in [0.15, 0.2) is 0 Å². The Hall–Kier alpha value is -1.62. The third-order valence-electron chi connectivity index (χ3n) is 1.85. The number of aromatic nitrogens is 1. The minimum absolute atomic E-state index is 0.312. The van der Waals surface area contributed by atoms with E-state index in [1.54, 1.807) is 25.4 Å². The van der Waals surface area contributed by atoms with Gasteiger partial charge in [0, 0.05) is 13.2 Å². The lowest BCUT2D eigenvalue weighted by Crippen LogP contribution is -2.32. The number of nitrogens with two attached hydrogens (primary N) is 1. The van der Waals surface area contributed by atoms with Crippen molar-refractivity contribution in [1.82, 2.24) is 4.98 Å². The van der Waals surface area contributed by atoms with Gasteiger partial charge < -0.3 is 16.2 Å². The maximum atomic E-state index is 10.5. The minimum Gasteiger partial charge on any atom is -0.480 e. The molecule has 0 radical (unpaired) electrons. The lowest BCUT2D eigenvalue weighted by atomic mass is 10.1. The van der Waals surface area contributed by atoms with Gasteiger partial charge in [0.25, 0.3) is 0 Å². The highest BCUT2D eigenvalue weighted by Gasteiger charge is 2.11. The summed E-state index contributed by atoms with van der Waals surface area (Å²) >= 11 is 0. The number of carboxylic acids is 1. The predicted molar refractivity (Wildman–Crippen MR) is 53.1 cm³/mol. The highest BCUT2D eigenvalue weighted by molar-refractivity contribution is 5.73. The first-order chi connectivity index (χ1) is 6.63. The molecule has 1 heterocycles. The van der Waals surface area contributed by atoms with Crippen LogP contribution in [0.25, 0.3) is 0 Å². The molecule has 1 aromatic rings. The monoisotopic (exact) mass is 195 g/mol. The molecule has 0 saturated carbocycles. The van der Waals surface area contributed by atoms with Crippen molar-refractivity contribution in [3.05, 3.63) is 23.9 Å². The lowest BCUT2D eigenvalue weighted by Gasteiger charge is -2.07. The van der Waals surface area contributed by atoms with Crippen LogP contribution in [0.2, 0.25) is 0 Å². The summed E-state index contributed by atoms with van der Waals surface area (Å²) in [7, 11) is 1.75. The molecule has 0 unspecified atom stereocenters. The van der Waals surface area contributed by atoms with Crippen molar-refractivity contribution in [3.8, 4) is 0 Å². The Bertz CT molecular complexity index is 328. The summed E-state index contributed by atoms with van der Waals surface area (Å²) in [6.07, 6.45) is 1.93. The number of carbonyl (C=O) groups is 1. The van der Waals surface area contributed by atoms with E-state index in [9.17, 15) is 4.79 Å². The second-order valence-electron chi connectivity index (χ2n) is 2.95. The van der Waals surface area contributed by atoms with Crippen LogP contribution >= 0.6 is 0 Å². The minimum atomic E-state index is -0.993.